The zero-order valence-corrected chi connectivity index (χ0v) is 15.5. The number of ether oxygens (including phenoxy) is 1. The number of carbonyl (C=O) groups is 2. The molecule has 2 aromatic heterocycles. The van der Waals surface area contributed by atoms with Crippen LogP contribution >= 0.6 is 0 Å². The second-order valence-corrected chi connectivity index (χ2v) is 6.74. The van der Waals surface area contributed by atoms with E-state index in [1.807, 2.05) is 33.6 Å². The molecule has 1 fully saturated rings. The molecule has 0 unspecified atom stereocenters. The van der Waals surface area contributed by atoms with Gasteiger partial charge in [-0.1, -0.05) is 18.2 Å². The lowest BCUT2D eigenvalue weighted by Crippen LogP contribution is -2.47. The van der Waals surface area contributed by atoms with Gasteiger partial charge >= 0.3 is 5.97 Å². The molecule has 1 aliphatic rings. The summed E-state index contributed by atoms with van der Waals surface area (Å²) in [5.74, 6) is -0.494. The Morgan fingerprint density at radius 2 is 1.85 bits per heavy atom. The van der Waals surface area contributed by atoms with Crippen LogP contribution in [-0.4, -0.2) is 70.9 Å². The monoisotopic (exact) mass is 366 g/mol. The summed E-state index contributed by atoms with van der Waals surface area (Å²) in [5.41, 5.74) is 2.25. The van der Waals surface area contributed by atoms with E-state index in [2.05, 4.69) is 16.9 Å². The Hall–Kier alpha value is -2.93. The predicted octanol–water partition coefficient (Wildman–Crippen LogP) is 2.05. The molecule has 7 heteroatoms. The number of benzene rings is 1. The molecule has 140 valence electrons. The number of pyridine rings is 1. The molecule has 0 saturated carbocycles. The SMILES string of the molecule is CCOC(=O)c1ncn2c1cc(C(=O)N1CCN(C)CC1)c1ccccc12. The number of esters is 1. The van der Waals surface area contributed by atoms with Gasteiger partial charge in [-0.2, -0.15) is 0 Å². The van der Waals surface area contributed by atoms with Crippen molar-refractivity contribution in [1.82, 2.24) is 19.2 Å². The first-order valence-electron chi connectivity index (χ1n) is 9.14. The third-order valence-corrected chi connectivity index (χ3v) is 5.03. The number of amides is 1. The van der Waals surface area contributed by atoms with E-state index >= 15 is 0 Å². The van der Waals surface area contributed by atoms with Crippen LogP contribution in [0.25, 0.3) is 16.4 Å². The number of hydrogen-bond acceptors (Lipinski definition) is 5. The third kappa shape index (κ3) is 3.04. The molecule has 1 saturated heterocycles. The van der Waals surface area contributed by atoms with Gasteiger partial charge in [-0.05, 0) is 26.1 Å². The Balaban J connectivity index is 1.86. The minimum absolute atomic E-state index is 0.0159. The molecule has 4 rings (SSSR count). The van der Waals surface area contributed by atoms with Crippen molar-refractivity contribution >= 4 is 28.3 Å². The van der Waals surface area contributed by atoms with E-state index in [9.17, 15) is 9.59 Å². The van der Waals surface area contributed by atoms with Crippen LogP contribution < -0.4 is 0 Å². The van der Waals surface area contributed by atoms with Crippen LogP contribution in [0.2, 0.25) is 0 Å². The topological polar surface area (TPSA) is 67.1 Å². The van der Waals surface area contributed by atoms with Gasteiger partial charge in [-0.25, -0.2) is 9.78 Å². The quantitative estimate of drug-likeness (QED) is 0.664. The van der Waals surface area contributed by atoms with Crippen molar-refractivity contribution in [2.45, 2.75) is 6.92 Å². The number of nitrogens with zero attached hydrogens (tertiary/aromatic N) is 4. The zero-order chi connectivity index (χ0) is 19.0. The van der Waals surface area contributed by atoms with Gasteiger partial charge < -0.3 is 14.5 Å². The fourth-order valence-corrected chi connectivity index (χ4v) is 3.53. The molecule has 0 radical (unpaired) electrons. The summed E-state index contributed by atoms with van der Waals surface area (Å²) >= 11 is 0. The minimum Gasteiger partial charge on any atom is -0.461 e. The van der Waals surface area contributed by atoms with Crippen LogP contribution in [0, 0.1) is 0 Å². The highest BCUT2D eigenvalue weighted by Gasteiger charge is 2.24. The highest BCUT2D eigenvalue weighted by Crippen LogP contribution is 2.25. The van der Waals surface area contributed by atoms with E-state index in [1.54, 1.807) is 19.3 Å². The number of para-hydroxylation sites is 1. The summed E-state index contributed by atoms with van der Waals surface area (Å²) in [5, 5.41) is 0.849. The average molecular weight is 366 g/mol. The maximum Gasteiger partial charge on any atom is 0.359 e. The van der Waals surface area contributed by atoms with Gasteiger partial charge in [0.25, 0.3) is 5.91 Å². The molecule has 0 N–H and O–H groups in total. The number of aromatic nitrogens is 2. The first-order chi connectivity index (χ1) is 13.1. The summed E-state index contributed by atoms with van der Waals surface area (Å²) in [6.45, 7) is 5.13. The van der Waals surface area contributed by atoms with Crippen molar-refractivity contribution in [2.75, 3.05) is 39.8 Å². The standard InChI is InChI=1S/C20H22N4O3/c1-3-27-20(26)18-17-12-15(19(25)23-10-8-22(2)9-11-23)14-6-4-5-7-16(14)24(17)13-21-18/h4-7,12-13H,3,8-11H2,1-2H3. The molecular formula is C20H22N4O3. The first kappa shape index (κ1) is 17.5. The van der Waals surface area contributed by atoms with Gasteiger partial charge in [-0.15, -0.1) is 0 Å². The van der Waals surface area contributed by atoms with Crippen LogP contribution in [0.5, 0.6) is 0 Å². The van der Waals surface area contributed by atoms with E-state index in [1.165, 1.54) is 0 Å². The molecule has 3 aromatic rings. The van der Waals surface area contributed by atoms with Crippen LogP contribution in [-0.2, 0) is 4.74 Å². The van der Waals surface area contributed by atoms with E-state index in [0.29, 0.717) is 24.2 Å². The number of hydrogen-bond donors (Lipinski definition) is 0. The lowest BCUT2D eigenvalue weighted by molar-refractivity contribution is 0.0522. The van der Waals surface area contributed by atoms with Gasteiger partial charge in [0.2, 0.25) is 0 Å². The van der Waals surface area contributed by atoms with Crippen LogP contribution in [0.3, 0.4) is 0 Å². The lowest BCUT2D eigenvalue weighted by Gasteiger charge is -2.32. The number of likely N-dealkylation sites (N-methyl/N-ethyl adjacent to an activating group) is 1. The summed E-state index contributed by atoms with van der Waals surface area (Å²) in [4.78, 5) is 33.9. The molecule has 7 nitrogen and oxygen atoms in total. The van der Waals surface area contributed by atoms with Crippen molar-refractivity contribution in [1.29, 1.82) is 0 Å². The van der Waals surface area contributed by atoms with Gasteiger partial charge in [0.15, 0.2) is 5.69 Å². The van der Waals surface area contributed by atoms with Gasteiger partial charge in [0.05, 0.1) is 23.2 Å². The Morgan fingerprint density at radius 1 is 1.11 bits per heavy atom. The maximum absolute atomic E-state index is 13.3. The Kier molecular flexibility index (Phi) is 4.53. The molecule has 27 heavy (non-hydrogen) atoms. The Bertz CT molecular complexity index is 1020. The van der Waals surface area contributed by atoms with Crippen molar-refractivity contribution in [3.63, 3.8) is 0 Å². The van der Waals surface area contributed by atoms with Crippen molar-refractivity contribution < 1.29 is 14.3 Å². The average Bonchev–Trinajstić information content (AvgIpc) is 3.12. The first-order valence-corrected chi connectivity index (χ1v) is 9.14. The summed E-state index contributed by atoms with van der Waals surface area (Å²) < 4.78 is 6.95. The molecule has 1 aromatic carbocycles. The van der Waals surface area contributed by atoms with E-state index < -0.39 is 5.97 Å². The second kappa shape index (κ2) is 7.00. The van der Waals surface area contributed by atoms with Crippen LogP contribution in [0.4, 0.5) is 0 Å². The molecule has 0 spiro atoms. The van der Waals surface area contributed by atoms with Crippen molar-refractivity contribution in [3.05, 3.63) is 47.9 Å². The van der Waals surface area contributed by atoms with E-state index in [4.69, 9.17) is 4.74 Å². The molecule has 1 amide bonds. The summed E-state index contributed by atoms with van der Waals surface area (Å²) in [7, 11) is 2.06. The largest absolute Gasteiger partial charge is 0.461 e. The predicted molar refractivity (Wildman–Crippen MR) is 102 cm³/mol. The van der Waals surface area contributed by atoms with Crippen LogP contribution in [0.1, 0.15) is 27.8 Å². The van der Waals surface area contributed by atoms with Crippen LogP contribution in [0.15, 0.2) is 36.7 Å². The van der Waals surface area contributed by atoms with Crippen molar-refractivity contribution in [3.8, 4) is 0 Å². The van der Waals surface area contributed by atoms with Crippen molar-refractivity contribution in [2.24, 2.45) is 0 Å². The molecule has 0 atom stereocenters. The molecule has 0 bridgehead atoms. The number of carbonyl (C=O) groups excluding carboxylic acids is 2. The number of fused-ring (bicyclic) bond motifs is 3. The Labute approximate surface area is 157 Å². The second-order valence-electron chi connectivity index (χ2n) is 6.74. The van der Waals surface area contributed by atoms with E-state index in [-0.39, 0.29) is 18.2 Å². The highest BCUT2D eigenvalue weighted by atomic mass is 16.5. The highest BCUT2D eigenvalue weighted by molar-refractivity contribution is 6.09. The van der Waals surface area contributed by atoms with Gasteiger partial charge in [-0.3, -0.25) is 9.20 Å². The fourth-order valence-electron chi connectivity index (χ4n) is 3.53. The fraction of sp³-hybridized carbons (Fsp3) is 0.350. The summed E-state index contributed by atoms with van der Waals surface area (Å²) in [6, 6.07) is 9.46. The number of piperazine rings is 1. The minimum atomic E-state index is -0.478. The summed E-state index contributed by atoms with van der Waals surface area (Å²) in [6.07, 6.45) is 1.61. The maximum atomic E-state index is 13.3. The third-order valence-electron chi connectivity index (χ3n) is 5.03. The molecule has 3 heterocycles. The molecule has 0 aliphatic carbocycles. The van der Waals surface area contributed by atoms with E-state index in [0.717, 1.165) is 24.0 Å². The number of imidazole rings is 1. The van der Waals surface area contributed by atoms with Gasteiger partial charge in [0.1, 0.15) is 6.33 Å². The normalized spacial score (nSPS) is 15.4. The smallest absolute Gasteiger partial charge is 0.359 e. The Morgan fingerprint density at radius 3 is 2.59 bits per heavy atom. The zero-order valence-electron chi connectivity index (χ0n) is 15.5. The molecular weight excluding hydrogens is 344 g/mol. The number of rotatable bonds is 3. The molecule has 1 aliphatic heterocycles. The van der Waals surface area contributed by atoms with Gasteiger partial charge in [0, 0.05) is 31.6 Å². The lowest BCUT2D eigenvalue weighted by atomic mass is 10.1.